The number of likely N-dealkylation sites (tertiary alicyclic amines) is 1. The van der Waals surface area contributed by atoms with E-state index < -0.39 is 0 Å². The van der Waals surface area contributed by atoms with Crippen LogP contribution in [0.3, 0.4) is 0 Å². The van der Waals surface area contributed by atoms with Crippen LogP contribution in [0.2, 0.25) is 0 Å². The maximum Gasteiger partial charge on any atom is 0.246 e. The molecule has 1 atom stereocenters. The minimum absolute atomic E-state index is 0.0600. The third-order valence-electron chi connectivity index (χ3n) is 4.41. The Kier molecular flexibility index (Phi) is 5.14. The highest BCUT2D eigenvalue weighted by Gasteiger charge is 2.27. The van der Waals surface area contributed by atoms with Gasteiger partial charge in [0, 0.05) is 26.3 Å². The molecular weight excluding hydrogens is 320 g/mol. The quantitative estimate of drug-likeness (QED) is 0.878. The second kappa shape index (κ2) is 7.49. The Hall–Kier alpha value is -2.66. The molecule has 1 saturated heterocycles. The fourth-order valence-electron chi connectivity index (χ4n) is 3.10. The topological polar surface area (TPSA) is 100.0 Å². The monoisotopic (exact) mass is 342 g/mol. The average molecular weight is 342 g/mol. The zero-order valence-electron chi connectivity index (χ0n) is 14.5. The van der Waals surface area contributed by atoms with Gasteiger partial charge in [-0.15, -0.1) is 0 Å². The summed E-state index contributed by atoms with van der Waals surface area (Å²) in [5.74, 6) is 1.10. The predicted molar refractivity (Wildman–Crippen MR) is 89.1 cm³/mol. The molecule has 0 saturated carbocycles. The third kappa shape index (κ3) is 4.06. The van der Waals surface area contributed by atoms with Crippen molar-refractivity contribution in [3.05, 3.63) is 35.2 Å². The van der Waals surface area contributed by atoms with Crippen LogP contribution in [-0.2, 0) is 24.9 Å². The summed E-state index contributed by atoms with van der Waals surface area (Å²) in [5, 5.41) is 16.1. The van der Waals surface area contributed by atoms with Gasteiger partial charge in [-0.3, -0.25) is 4.79 Å². The number of aryl methyl sites for hydroxylation is 2. The van der Waals surface area contributed by atoms with E-state index >= 15 is 0 Å². The normalized spacial score (nSPS) is 18.2. The summed E-state index contributed by atoms with van der Waals surface area (Å²) in [6.45, 7) is 3.36. The minimum Gasteiger partial charge on any atom is -0.342 e. The van der Waals surface area contributed by atoms with E-state index in [9.17, 15) is 4.79 Å². The van der Waals surface area contributed by atoms with Crippen molar-refractivity contribution in [2.45, 2.75) is 45.3 Å². The molecule has 2 aromatic rings. The third-order valence-corrected chi connectivity index (χ3v) is 4.41. The summed E-state index contributed by atoms with van der Waals surface area (Å²) in [5.41, 5.74) is 1.60. The largest absolute Gasteiger partial charge is 0.342 e. The zero-order valence-corrected chi connectivity index (χ0v) is 14.5. The molecule has 8 heteroatoms. The molecule has 0 spiro atoms. The van der Waals surface area contributed by atoms with Crippen molar-refractivity contribution in [2.24, 2.45) is 7.05 Å². The maximum atomic E-state index is 12.8. The number of nitrogens with zero attached hydrogens (tertiary/aromatic N) is 5. The van der Waals surface area contributed by atoms with Gasteiger partial charge >= 0.3 is 0 Å². The van der Waals surface area contributed by atoms with E-state index in [1.54, 1.807) is 16.4 Å². The van der Waals surface area contributed by atoms with Crippen molar-refractivity contribution >= 4 is 5.91 Å². The van der Waals surface area contributed by atoms with E-state index in [0.717, 1.165) is 24.8 Å². The first-order valence-electron chi connectivity index (χ1n) is 8.43. The van der Waals surface area contributed by atoms with Crippen molar-refractivity contribution in [3.8, 4) is 6.07 Å². The van der Waals surface area contributed by atoms with Gasteiger partial charge in [0.25, 0.3) is 0 Å². The zero-order chi connectivity index (χ0) is 17.8. The van der Waals surface area contributed by atoms with E-state index in [-0.39, 0.29) is 11.9 Å². The van der Waals surface area contributed by atoms with Crippen molar-refractivity contribution < 1.29 is 9.32 Å². The number of aromatic nitrogens is 3. The summed E-state index contributed by atoms with van der Waals surface area (Å²) < 4.78 is 6.93. The molecule has 0 aromatic carbocycles. The first kappa shape index (κ1) is 17.2. The Morgan fingerprint density at radius 3 is 3.00 bits per heavy atom. The highest BCUT2D eigenvalue weighted by Crippen LogP contribution is 2.16. The SMILES string of the molecule is Cc1noc(CN2CCCCC(NCc3cc(C#N)n(C)c3)C2=O)n1. The summed E-state index contributed by atoms with van der Waals surface area (Å²) in [7, 11) is 1.84. The fraction of sp³-hybridized carbons (Fsp3) is 0.529. The lowest BCUT2D eigenvalue weighted by Gasteiger charge is -2.23. The van der Waals surface area contributed by atoms with Crippen LogP contribution in [0.5, 0.6) is 0 Å². The van der Waals surface area contributed by atoms with Crippen LogP contribution in [0.4, 0.5) is 0 Å². The van der Waals surface area contributed by atoms with Crippen molar-refractivity contribution in [1.82, 2.24) is 24.9 Å². The van der Waals surface area contributed by atoms with E-state index in [1.807, 2.05) is 19.3 Å². The van der Waals surface area contributed by atoms with E-state index in [2.05, 4.69) is 21.5 Å². The van der Waals surface area contributed by atoms with Gasteiger partial charge < -0.3 is 19.3 Å². The highest BCUT2D eigenvalue weighted by molar-refractivity contribution is 5.82. The van der Waals surface area contributed by atoms with Gasteiger partial charge in [-0.1, -0.05) is 5.16 Å². The molecule has 1 amide bonds. The predicted octanol–water partition coefficient (Wildman–Crippen LogP) is 1.26. The second-order valence-corrected chi connectivity index (χ2v) is 6.38. The van der Waals surface area contributed by atoms with Gasteiger partial charge in [0.15, 0.2) is 5.82 Å². The Balaban J connectivity index is 1.63. The van der Waals surface area contributed by atoms with Gasteiger partial charge in [-0.05, 0) is 37.8 Å². The molecule has 1 unspecified atom stereocenters. The lowest BCUT2D eigenvalue weighted by Crippen LogP contribution is -2.44. The molecule has 0 radical (unpaired) electrons. The lowest BCUT2D eigenvalue weighted by atomic mass is 10.1. The van der Waals surface area contributed by atoms with E-state index in [1.165, 1.54) is 0 Å². The van der Waals surface area contributed by atoms with Crippen LogP contribution in [0.25, 0.3) is 0 Å². The first-order chi connectivity index (χ1) is 12.1. The molecule has 1 aliphatic rings. The summed E-state index contributed by atoms with van der Waals surface area (Å²) >= 11 is 0. The molecule has 1 fully saturated rings. The summed E-state index contributed by atoms with van der Waals surface area (Å²) in [4.78, 5) is 18.8. The van der Waals surface area contributed by atoms with Crippen LogP contribution in [0.15, 0.2) is 16.8 Å². The molecule has 3 heterocycles. The number of amides is 1. The van der Waals surface area contributed by atoms with Crippen molar-refractivity contribution in [3.63, 3.8) is 0 Å². The van der Waals surface area contributed by atoms with Crippen LogP contribution < -0.4 is 5.32 Å². The maximum absolute atomic E-state index is 12.8. The number of nitriles is 1. The van der Waals surface area contributed by atoms with E-state index in [0.29, 0.717) is 37.0 Å². The van der Waals surface area contributed by atoms with Crippen molar-refractivity contribution in [2.75, 3.05) is 6.54 Å². The van der Waals surface area contributed by atoms with Gasteiger partial charge in [0.1, 0.15) is 18.3 Å². The van der Waals surface area contributed by atoms with Gasteiger partial charge in [-0.2, -0.15) is 10.2 Å². The number of hydrogen-bond donors (Lipinski definition) is 1. The molecule has 1 aliphatic heterocycles. The van der Waals surface area contributed by atoms with Gasteiger partial charge in [-0.25, -0.2) is 0 Å². The molecule has 8 nitrogen and oxygen atoms in total. The molecule has 0 bridgehead atoms. The first-order valence-corrected chi connectivity index (χ1v) is 8.43. The van der Waals surface area contributed by atoms with Gasteiger partial charge in [0.2, 0.25) is 11.8 Å². The molecular formula is C17H22N6O2. The Bertz CT molecular complexity index is 787. The molecule has 0 aliphatic carbocycles. The number of carbonyl (C=O) groups excluding carboxylic acids is 1. The Labute approximate surface area is 146 Å². The van der Waals surface area contributed by atoms with Crippen LogP contribution in [0, 0.1) is 18.3 Å². The van der Waals surface area contributed by atoms with Crippen LogP contribution in [0.1, 0.15) is 42.2 Å². The number of rotatable bonds is 5. The highest BCUT2D eigenvalue weighted by atomic mass is 16.5. The molecule has 2 aromatic heterocycles. The molecule has 1 N–H and O–H groups in total. The minimum atomic E-state index is -0.239. The lowest BCUT2D eigenvalue weighted by molar-refractivity contribution is -0.133. The fourth-order valence-corrected chi connectivity index (χ4v) is 3.10. The van der Waals surface area contributed by atoms with Gasteiger partial charge in [0.05, 0.1) is 6.04 Å². The smallest absolute Gasteiger partial charge is 0.246 e. The molecule has 132 valence electrons. The Morgan fingerprint density at radius 1 is 1.48 bits per heavy atom. The molecule has 3 rings (SSSR count). The summed E-state index contributed by atoms with van der Waals surface area (Å²) in [6, 6.07) is 3.75. The second-order valence-electron chi connectivity index (χ2n) is 6.38. The van der Waals surface area contributed by atoms with Crippen molar-refractivity contribution in [1.29, 1.82) is 5.26 Å². The van der Waals surface area contributed by atoms with Crippen LogP contribution >= 0.6 is 0 Å². The van der Waals surface area contributed by atoms with E-state index in [4.69, 9.17) is 9.78 Å². The molecule has 25 heavy (non-hydrogen) atoms. The van der Waals surface area contributed by atoms with Crippen LogP contribution in [-0.4, -0.2) is 38.1 Å². The number of hydrogen-bond acceptors (Lipinski definition) is 6. The number of carbonyl (C=O) groups is 1. The standard InChI is InChI=1S/C17H22N6O2/c1-12-20-16(25-21-12)11-23-6-4-3-5-15(17(23)24)19-9-13-7-14(8-18)22(2)10-13/h7,10,15,19H,3-6,9,11H2,1-2H3. The average Bonchev–Trinajstić information content (AvgIpc) is 3.12. The summed E-state index contributed by atoms with van der Waals surface area (Å²) in [6.07, 6.45) is 4.66. The number of nitrogens with one attached hydrogen (secondary N) is 1. The Morgan fingerprint density at radius 2 is 2.32 bits per heavy atom.